The number of hydrogen-bond acceptors (Lipinski definition) is 5. The smallest absolute Gasteiger partial charge is 0.259 e. The maximum Gasteiger partial charge on any atom is 0.259 e. The zero-order valence-corrected chi connectivity index (χ0v) is 17.1. The highest BCUT2D eigenvalue weighted by Gasteiger charge is 2.30. The molecule has 1 aliphatic rings. The highest BCUT2D eigenvalue weighted by atomic mass is 35.5. The van der Waals surface area contributed by atoms with Crippen LogP contribution in [0.15, 0.2) is 41.5 Å². The first-order chi connectivity index (χ1) is 12.6. The van der Waals surface area contributed by atoms with Gasteiger partial charge in [0.1, 0.15) is 11.6 Å². The van der Waals surface area contributed by atoms with Gasteiger partial charge in [-0.3, -0.25) is 4.79 Å². The predicted octanol–water partition coefficient (Wildman–Crippen LogP) is 2.36. The number of rotatable bonds is 4. The van der Waals surface area contributed by atoms with E-state index in [0.717, 1.165) is 24.8 Å². The molecule has 1 aliphatic heterocycles. The molecule has 0 amide bonds. The molecule has 0 bridgehead atoms. The second-order valence-electron chi connectivity index (χ2n) is 6.85. The molecule has 1 aromatic carbocycles. The molecular formula is C19H24Cl2N4O3. The highest BCUT2D eigenvalue weighted by molar-refractivity contribution is 5.85. The fourth-order valence-electron chi connectivity index (χ4n) is 3.56. The number of pyridine rings is 1. The molecule has 1 saturated heterocycles. The Morgan fingerprint density at radius 1 is 1.32 bits per heavy atom. The van der Waals surface area contributed by atoms with Crippen LogP contribution in [-0.4, -0.2) is 45.4 Å². The van der Waals surface area contributed by atoms with Crippen LogP contribution in [0.2, 0.25) is 0 Å². The van der Waals surface area contributed by atoms with Crippen molar-refractivity contribution in [3.63, 3.8) is 0 Å². The fourth-order valence-corrected chi connectivity index (χ4v) is 3.56. The van der Waals surface area contributed by atoms with Gasteiger partial charge >= 0.3 is 0 Å². The van der Waals surface area contributed by atoms with E-state index in [0.29, 0.717) is 35.7 Å². The Balaban J connectivity index is 0.00000140. The van der Waals surface area contributed by atoms with Crippen LogP contribution in [0.1, 0.15) is 12.8 Å². The van der Waals surface area contributed by atoms with Crippen LogP contribution in [-0.2, 0) is 6.54 Å². The number of ether oxygens (including phenoxy) is 1. The second-order valence-corrected chi connectivity index (χ2v) is 6.85. The topological polar surface area (TPSA) is 92.2 Å². The van der Waals surface area contributed by atoms with Gasteiger partial charge in [0.15, 0.2) is 0 Å². The fraction of sp³-hybridized carbons (Fsp3) is 0.368. The van der Waals surface area contributed by atoms with E-state index >= 15 is 0 Å². The third-order valence-electron chi connectivity index (χ3n) is 4.92. The van der Waals surface area contributed by atoms with E-state index in [1.807, 2.05) is 22.8 Å². The zero-order valence-electron chi connectivity index (χ0n) is 15.5. The van der Waals surface area contributed by atoms with E-state index in [1.54, 1.807) is 25.6 Å². The van der Waals surface area contributed by atoms with Crippen molar-refractivity contribution < 1.29 is 9.84 Å². The van der Waals surface area contributed by atoms with Crippen LogP contribution in [0.5, 0.6) is 5.75 Å². The molecular weight excluding hydrogens is 403 g/mol. The van der Waals surface area contributed by atoms with Crippen molar-refractivity contribution in [1.82, 2.24) is 19.9 Å². The second kappa shape index (κ2) is 8.96. The molecule has 3 heterocycles. The van der Waals surface area contributed by atoms with Gasteiger partial charge in [0.25, 0.3) is 5.56 Å². The number of nitrogens with one attached hydrogen (secondary N) is 2. The Morgan fingerprint density at radius 3 is 2.86 bits per heavy atom. The molecule has 1 unspecified atom stereocenters. The van der Waals surface area contributed by atoms with Gasteiger partial charge in [-0.1, -0.05) is 0 Å². The van der Waals surface area contributed by atoms with Crippen LogP contribution in [0.25, 0.3) is 22.3 Å². The normalized spacial score (nSPS) is 18.9. The Hall–Kier alpha value is -2.06. The van der Waals surface area contributed by atoms with Crippen molar-refractivity contribution in [3.05, 3.63) is 47.0 Å². The number of benzene rings is 1. The summed E-state index contributed by atoms with van der Waals surface area (Å²) in [5.41, 5.74) is 0.156. The number of nitrogens with zero attached hydrogens (tertiary/aromatic N) is 2. The highest BCUT2D eigenvalue weighted by Crippen LogP contribution is 2.24. The van der Waals surface area contributed by atoms with Crippen LogP contribution >= 0.6 is 24.8 Å². The minimum atomic E-state index is -0.829. The predicted molar refractivity (Wildman–Crippen MR) is 114 cm³/mol. The monoisotopic (exact) mass is 426 g/mol. The molecule has 0 radical (unpaired) electrons. The molecule has 4 rings (SSSR count). The number of imidazole rings is 1. The number of aromatic amines is 1. The zero-order chi connectivity index (χ0) is 18.1. The average Bonchev–Trinajstić information content (AvgIpc) is 3.08. The van der Waals surface area contributed by atoms with Crippen molar-refractivity contribution >= 4 is 35.7 Å². The van der Waals surface area contributed by atoms with Gasteiger partial charge in [0, 0.05) is 25.0 Å². The van der Waals surface area contributed by atoms with Gasteiger partial charge in [0.2, 0.25) is 0 Å². The van der Waals surface area contributed by atoms with E-state index in [9.17, 15) is 9.90 Å². The summed E-state index contributed by atoms with van der Waals surface area (Å²) in [6.45, 7) is 1.86. The van der Waals surface area contributed by atoms with Gasteiger partial charge in [-0.05, 0) is 43.0 Å². The van der Waals surface area contributed by atoms with E-state index < -0.39 is 5.60 Å². The lowest BCUT2D eigenvalue weighted by Crippen LogP contribution is -2.48. The molecule has 7 nitrogen and oxygen atoms in total. The summed E-state index contributed by atoms with van der Waals surface area (Å²) in [6.07, 6.45) is 5.12. The van der Waals surface area contributed by atoms with E-state index in [1.165, 1.54) is 0 Å². The van der Waals surface area contributed by atoms with Crippen molar-refractivity contribution in [1.29, 1.82) is 0 Å². The maximum absolute atomic E-state index is 12.6. The van der Waals surface area contributed by atoms with Crippen molar-refractivity contribution in [2.75, 3.05) is 20.2 Å². The summed E-state index contributed by atoms with van der Waals surface area (Å²) in [4.78, 5) is 19.9. The van der Waals surface area contributed by atoms with E-state index in [-0.39, 0.29) is 30.4 Å². The third-order valence-corrected chi connectivity index (χ3v) is 4.92. The van der Waals surface area contributed by atoms with E-state index in [2.05, 4.69) is 15.3 Å². The molecule has 2 aromatic heterocycles. The minimum Gasteiger partial charge on any atom is -0.497 e. The van der Waals surface area contributed by atoms with E-state index in [4.69, 9.17) is 4.74 Å². The summed E-state index contributed by atoms with van der Waals surface area (Å²) in [5.74, 6) is 1.25. The quantitative estimate of drug-likeness (QED) is 0.595. The maximum atomic E-state index is 12.6. The Morgan fingerprint density at radius 2 is 2.14 bits per heavy atom. The first-order valence-electron chi connectivity index (χ1n) is 8.74. The summed E-state index contributed by atoms with van der Waals surface area (Å²) in [7, 11) is 1.59. The van der Waals surface area contributed by atoms with Crippen molar-refractivity contribution in [3.8, 4) is 17.1 Å². The third kappa shape index (κ3) is 4.33. The first-order valence-corrected chi connectivity index (χ1v) is 8.74. The largest absolute Gasteiger partial charge is 0.497 e. The number of β-amino-alcohol motifs (C(OH)–C–C–N with tert-alkyl or cyclic N) is 1. The van der Waals surface area contributed by atoms with Gasteiger partial charge in [-0.15, -0.1) is 24.8 Å². The Bertz CT molecular complexity index is 996. The van der Waals surface area contributed by atoms with Crippen LogP contribution in [0.4, 0.5) is 0 Å². The number of hydrogen-bond donors (Lipinski definition) is 3. The molecule has 1 fully saturated rings. The molecule has 1 atom stereocenters. The molecule has 0 spiro atoms. The standard InChI is InChI=1S/C19H22N4O3.2ClH/c1-26-14-4-3-13-9-15(18(24)22-16(13)10-14)17-21-7-8-23(17)12-19(25)5-2-6-20-11-19;;/h3-4,7-10,20,25H,2,5-6,11-12H2,1H3,(H,22,24);2*1H. The molecule has 28 heavy (non-hydrogen) atoms. The summed E-state index contributed by atoms with van der Waals surface area (Å²) >= 11 is 0. The minimum absolute atomic E-state index is 0. The lowest BCUT2D eigenvalue weighted by Gasteiger charge is -2.33. The molecule has 0 aliphatic carbocycles. The van der Waals surface area contributed by atoms with Crippen molar-refractivity contribution in [2.24, 2.45) is 0 Å². The number of fused-ring (bicyclic) bond motifs is 1. The van der Waals surface area contributed by atoms with Crippen LogP contribution in [0.3, 0.4) is 0 Å². The number of H-pyrrole nitrogens is 1. The lowest BCUT2D eigenvalue weighted by molar-refractivity contribution is 0.00105. The molecule has 3 aromatic rings. The first kappa shape index (κ1) is 22.2. The number of halogens is 2. The summed E-state index contributed by atoms with van der Waals surface area (Å²) in [6, 6.07) is 7.38. The van der Waals surface area contributed by atoms with Gasteiger partial charge in [-0.2, -0.15) is 0 Å². The SMILES string of the molecule is COc1ccc2cc(-c3nccn3CC3(O)CCCNC3)c(=O)[nH]c2c1.Cl.Cl. The number of aromatic nitrogens is 3. The van der Waals surface area contributed by atoms with Gasteiger partial charge in [-0.25, -0.2) is 4.98 Å². The number of piperidine rings is 1. The average molecular weight is 427 g/mol. The molecule has 3 N–H and O–H groups in total. The summed E-state index contributed by atoms with van der Waals surface area (Å²) < 4.78 is 7.06. The van der Waals surface area contributed by atoms with Gasteiger partial charge < -0.3 is 24.7 Å². The van der Waals surface area contributed by atoms with Gasteiger partial charge in [0.05, 0.1) is 30.3 Å². The lowest BCUT2D eigenvalue weighted by atomic mass is 9.94. The van der Waals surface area contributed by atoms with Crippen LogP contribution in [0, 0.1) is 0 Å². The Kier molecular flexibility index (Phi) is 7.11. The summed E-state index contributed by atoms with van der Waals surface area (Å²) in [5, 5.41) is 14.9. The van der Waals surface area contributed by atoms with Crippen molar-refractivity contribution in [2.45, 2.75) is 25.0 Å². The molecule has 0 saturated carbocycles. The van der Waals surface area contributed by atoms with Crippen LogP contribution < -0.4 is 15.6 Å². The number of aliphatic hydroxyl groups is 1. The Labute approximate surface area is 175 Å². The molecule has 9 heteroatoms. The number of methoxy groups -OCH3 is 1. The molecule has 152 valence electrons.